The molecule has 5 heteroatoms. The van der Waals surface area contributed by atoms with Crippen LogP contribution in [0.3, 0.4) is 0 Å². The molecule has 0 bridgehead atoms. The fourth-order valence-corrected chi connectivity index (χ4v) is 2.03. The largest absolute Gasteiger partial charge is 0.448 e. The zero-order valence-electron chi connectivity index (χ0n) is 11.8. The summed E-state index contributed by atoms with van der Waals surface area (Å²) in [5.74, 6) is 2.41. The van der Waals surface area contributed by atoms with Crippen molar-refractivity contribution in [3.63, 3.8) is 0 Å². The van der Waals surface area contributed by atoms with Crippen molar-refractivity contribution in [2.45, 2.75) is 19.9 Å². The topological polar surface area (TPSA) is 63.8 Å². The summed E-state index contributed by atoms with van der Waals surface area (Å²) in [6.45, 7) is 2.48. The minimum Gasteiger partial charge on any atom is -0.448 e. The number of aryl methyl sites for hydroxylation is 1. The van der Waals surface area contributed by atoms with Gasteiger partial charge in [-0.25, -0.2) is 15.0 Å². The maximum Gasteiger partial charge on any atom is 0.181 e. The van der Waals surface area contributed by atoms with E-state index in [-0.39, 0.29) is 0 Å². The first-order valence-corrected chi connectivity index (χ1v) is 6.80. The van der Waals surface area contributed by atoms with Gasteiger partial charge in [-0.2, -0.15) is 0 Å². The van der Waals surface area contributed by atoms with E-state index in [1.54, 1.807) is 6.20 Å². The lowest BCUT2D eigenvalue weighted by Gasteiger charge is -2.06. The van der Waals surface area contributed by atoms with Gasteiger partial charge in [0.1, 0.15) is 23.1 Å². The molecule has 2 heterocycles. The Hall–Kier alpha value is -2.69. The predicted molar refractivity (Wildman–Crippen MR) is 79.8 cm³/mol. The number of nitrogens with zero attached hydrogens (tertiary/aromatic N) is 3. The van der Waals surface area contributed by atoms with Crippen molar-refractivity contribution < 1.29 is 4.42 Å². The molecular weight excluding hydrogens is 264 g/mol. The first-order valence-electron chi connectivity index (χ1n) is 6.80. The zero-order valence-corrected chi connectivity index (χ0v) is 11.8. The molecule has 0 unspecified atom stereocenters. The van der Waals surface area contributed by atoms with Crippen LogP contribution in [0.25, 0.3) is 0 Å². The van der Waals surface area contributed by atoms with Gasteiger partial charge in [0.2, 0.25) is 0 Å². The van der Waals surface area contributed by atoms with Crippen LogP contribution in [0.1, 0.15) is 22.8 Å². The maximum atomic E-state index is 5.17. The number of nitrogens with one attached hydrogen (secondary N) is 1. The second kappa shape index (κ2) is 6.17. The van der Waals surface area contributed by atoms with Crippen molar-refractivity contribution in [2.24, 2.45) is 0 Å². The molecule has 2 aromatic heterocycles. The number of oxazole rings is 1. The molecule has 1 aromatic carbocycles. The smallest absolute Gasteiger partial charge is 0.181 e. The van der Waals surface area contributed by atoms with Gasteiger partial charge in [0, 0.05) is 12.6 Å². The first kappa shape index (κ1) is 13.3. The third-order valence-electron chi connectivity index (χ3n) is 3.19. The van der Waals surface area contributed by atoms with Crippen molar-refractivity contribution in [1.29, 1.82) is 0 Å². The summed E-state index contributed by atoms with van der Waals surface area (Å²) >= 11 is 0. The molecule has 0 aliphatic rings. The van der Waals surface area contributed by atoms with E-state index in [1.807, 2.05) is 31.2 Å². The highest BCUT2D eigenvalue weighted by Crippen LogP contribution is 2.10. The summed E-state index contributed by atoms with van der Waals surface area (Å²) in [6.07, 6.45) is 3.94. The SMILES string of the molecule is Cc1ocnc1CNc1ccnc(Cc2ccccc2)n1. The molecule has 3 rings (SSSR count). The zero-order chi connectivity index (χ0) is 14.5. The number of hydrogen-bond acceptors (Lipinski definition) is 5. The van der Waals surface area contributed by atoms with Crippen LogP contribution in [0.4, 0.5) is 5.82 Å². The average molecular weight is 280 g/mol. The van der Waals surface area contributed by atoms with Gasteiger partial charge in [-0.1, -0.05) is 30.3 Å². The molecular formula is C16H16N4O. The van der Waals surface area contributed by atoms with Crippen molar-refractivity contribution in [1.82, 2.24) is 15.0 Å². The molecule has 3 aromatic rings. The van der Waals surface area contributed by atoms with Crippen LogP contribution < -0.4 is 5.32 Å². The van der Waals surface area contributed by atoms with E-state index in [0.29, 0.717) is 6.54 Å². The minimum atomic E-state index is 0.587. The Kier molecular flexibility index (Phi) is 3.91. The highest BCUT2D eigenvalue weighted by atomic mass is 16.3. The lowest BCUT2D eigenvalue weighted by atomic mass is 10.1. The van der Waals surface area contributed by atoms with Crippen LogP contribution in [-0.4, -0.2) is 15.0 Å². The van der Waals surface area contributed by atoms with Crippen LogP contribution >= 0.6 is 0 Å². The third kappa shape index (κ3) is 3.45. The third-order valence-corrected chi connectivity index (χ3v) is 3.19. The molecule has 106 valence electrons. The van der Waals surface area contributed by atoms with Gasteiger partial charge >= 0.3 is 0 Å². The van der Waals surface area contributed by atoms with Crippen LogP contribution in [0, 0.1) is 6.92 Å². The van der Waals surface area contributed by atoms with Crippen LogP contribution in [0.2, 0.25) is 0 Å². The van der Waals surface area contributed by atoms with Crippen LogP contribution in [-0.2, 0) is 13.0 Å². The van der Waals surface area contributed by atoms with E-state index < -0.39 is 0 Å². The Labute approximate surface area is 123 Å². The molecule has 0 saturated heterocycles. The normalized spacial score (nSPS) is 10.5. The molecule has 1 N–H and O–H groups in total. The molecule has 21 heavy (non-hydrogen) atoms. The molecule has 5 nitrogen and oxygen atoms in total. The molecule has 0 atom stereocenters. The fraction of sp³-hybridized carbons (Fsp3) is 0.188. The Balaban J connectivity index is 1.67. The van der Waals surface area contributed by atoms with E-state index in [1.165, 1.54) is 12.0 Å². The lowest BCUT2D eigenvalue weighted by Crippen LogP contribution is -2.05. The van der Waals surface area contributed by atoms with Crippen molar-refractivity contribution in [3.8, 4) is 0 Å². The van der Waals surface area contributed by atoms with Crippen molar-refractivity contribution >= 4 is 5.82 Å². The Morgan fingerprint density at radius 2 is 1.95 bits per heavy atom. The number of rotatable bonds is 5. The summed E-state index contributed by atoms with van der Waals surface area (Å²) in [7, 11) is 0. The van der Waals surface area contributed by atoms with E-state index in [2.05, 4.69) is 32.4 Å². The van der Waals surface area contributed by atoms with E-state index >= 15 is 0 Å². The highest BCUT2D eigenvalue weighted by Gasteiger charge is 2.04. The minimum absolute atomic E-state index is 0.587. The quantitative estimate of drug-likeness (QED) is 0.778. The monoisotopic (exact) mass is 280 g/mol. The van der Waals surface area contributed by atoms with Gasteiger partial charge in [0.05, 0.1) is 6.54 Å². The number of aromatic nitrogens is 3. The summed E-state index contributed by atoms with van der Waals surface area (Å²) < 4.78 is 5.17. The van der Waals surface area contributed by atoms with Crippen LogP contribution in [0.15, 0.2) is 53.4 Å². The standard InChI is InChI=1S/C16H16N4O/c1-12-14(19-11-21-12)10-18-15-7-8-17-16(20-15)9-13-5-3-2-4-6-13/h2-8,11H,9-10H2,1H3,(H,17,18,20). The summed E-state index contributed by atoms with van der Waals surface area (Å²) in [5, 5.41) is 3.24. The molecule has 0 fully saturated rings. The molecule has 0 radical (unpaired) electrons. The Morgan fingerprint density at radius 1 is 1.10 bits per heavy atom. The molecule has 0 aliphatic carbocycles. The summed E-state index contributed by atoms with van der Waals surface area (Å²) in [4.78, 5) is 13.0. The second-order valence-corrected chi connectivity index (χ2v) is 4.73. The maximum absolute atomic E-state index is 5.17. The number of benzene rings is 1. The van der Waals surface area contributed by atoms with Gasteiger partial charge in [-0.3, -0.25) is 0 Å². The van der Waals surface area contributed by atoms with Crippen molar-refractivity contribution in [2.75, 3.05) is 5.32 Å². The lowest BCUT2D eigenvalue weighted by molar-refractivity contribution is 0.524. The molecule has 0 amide bonds. The van der Waals surface area contributed by atoms with E-state index in [9.17, 15) is 0 Å². The van der Waals surface area contributed by atoms with Gasteiger partial charge < -0.3 is 9.73 Å². The first-order chi connectivity index (χ1) is 10.3. The van der Waals surface area contributed by atoms with Gasteiger partial charge in [-0.15, -0.1) is 0 Å². The second-order valence-electron chi connectivity index (χ2n) is 4.73. The average Bonchev–Trinajstić information content (AvgIpc) is 2.92. The highest BCUT2D eigenvalue weighted by molar-refractivity contribution is 5.34. The molecule has 0 saturated carbocycles. The predicted octanol–water partition coefficient (Wildman–Crippen LogP) is 2.98. The number of hydrogen-bond donors (Lipinski definition) is 1. The van der Waals surface area contributed by atoms with E-state index in [4.69, 9.17) is 4.42 Å². The molecule has 0 aliphatic heterocycles. The van der Waals surface area contributed by atoms with Crippen molar-refractivity contribution in [3.05, 3.63) is 71.8 Å². The Morgan fingerprint density at radius 3 is 2.71 bits per heavy atom. The summed E-state index contributed by atoms with van der Waals surface area (Å²) in [6, 6.07) is 12.0. The van der Waals surface area contributed by atoms with Gasteiger partial charge in [-0.05, 0) is 18.6 Å². The summed E-state index contributed by atoms with van der Waals surface area (Å²) in [5.41, 5.74) is 2.08. The Bertz CT molecular complexity index is 709. The van der Waals surface area contributed by atoms with E-state index in [0.717, 1.165) is 29.5 Å². The van der Waals surface area contributed by atoms with Gasteiger partial charge in [0.25, 0.3) is 0 Å². The number of anilines is 1. The van der Waals surface area contributed by atoms with Crippen LogP contribution in [0.5, 0.6) is 0 Å². The molecule has 0 spiro atoms. The van der Waals surface area contributed by atoms with Gasteiger partial charge in [0.15, 0.2) is 6.39 Å². The fourth-order valence-electron chi connectivity index (χ4n) is 2.03.